The number of nitrogens with one attached hydrogen (secondary N) is 1. The number of rotatable bonds is 4. The van der Waals surface area contributed by atoms with Crippen molar-refractivity contribution in [1.82, 2.24) is 0 Å². The Bertz CT molecular complexity index is 847. The molecule has 5 heteroatoms. The van der Waals surface area contributed by atoms with E-state index < -0.39 is 5.23 Å². The number of quaternary nitrogens is 1. The lowest BCUT2D eigenvalue weighted by Gasteiger charge is -2.13. The Morgan fingerprint density at radius 2 is 1.62 bits per heavy atom. The second-order valence-corrected chi connectivity index (χ2v) is 5.54. The van der Waals surface area contributed by atoms with Crippen LogP contribution in [0.2, 0.25) is 0 Å². The standard InChI is InChI=1S/C19H16FNO3/c20-16-7-4-13(5-8-16)10-14-6-9-19(22)18(11-14)15-2-1-3-17(12-15)21(23)24/h1-9,11-12,21-23H,10H2. The first kappa shape index (κ1) is 16.1. The summed E-state index contributed by atoms with van der Waals surface area (Å²) >= 11 is 0. The monoisotopic (exact) mass is 325 g/mol. The maximum atomic E-state index is 13.0. The predicted octanol–water partition coefficient (Wildman–Crippen LogP) is 3.19. The van der Waals surface area contributed by atoms with Gasteiger partial charge in [-0.2, -0.15) is 5.23 Å². The molecule has 0 fully saturated rings. The topological polar surface area (TPSA) is 68.0 Å². The third kappa shape index (κ3) is 3.60. The lowest BCUT2D eigenvalue weighted by molar-refractivity contribution is -0.991. The molecule has 0 radical (unpaired) electrons. The van der Waals surface area contributed by atoms with Gasteiger partial charge in [0.15, 0.2) is 5.69 Å². The number of halogens is 1. The molecule has 1 atom stereocenters. The maximum absolute atomic E-state index is 13.0. The summed E-state index contributed by atoms with van der Waals surface area (Å²) in [6.07, 6.45) is 0.589. The van der Waals surface area contributed by atoms with Crippen molar-refractivity contribution in [2.24, 2.45) is 0 Å². The first-order chi connectivity index (χ1) is 11.5. The van der Waals surface area contributed by atoms with Crippen LogP contribution >= 0.6 is 0 Å². The predicted molar refractivity (Wildman–Crippen MR) is 88.5 cm³/mol. The molecular formula is C19H16FNO3. The van der Waals surface area contributed by atoms with Gasteiger partial charge < -0.3 is 10.3 Å². The van der Waals surface area contributed by atoms with E-state index in [0.717, 1.165) is 11.1 Å². The molecule has 122 valence electrons. The summed E-state index contributed by atoms with van der Waals surface area (Å²) in [5, 5.41) is 29.3. The summed E-state index contributed by atoms with van der Waals surface area (Å²) in [4.78, 5) is 0. The fourth-order valence-electron chi connectivity index (χ4n) is 2.58. The van der Waals surface area contributed by atoms with Gasteiger partial charge in [0.25, 0.3) is 0 Å². The fourth-order valence-corrected chi connectivity index (χ4v) is 2.58. The van der Waals surface area contributed by atoms with Crippen LogP contribution in [-0.2, 0) is 6.42 Å². The summed E-state index contributed by atoms with van der Waals surface area (Å²) in [7, 11) is 0. The first-order valence-electron chi connectivity index (χ1n) is 7.43. The van der Waals surface area contributed by atoms with Crippen molar-refractivity contribution in [1.29, 1.82) is 0 Å². The molecule has 3 aromatic carbocycles. The molecule has 0 bridgehead atoms. The molecule has 3 N–H and O–H groups in total. The molecule has 0 saturated heterocycles. The van der Waals surface area contributed by atoms with Gasteiger partial charge in [-0.15, -0.1) is 0 Å². The SMILES string of the molecule is [O-][NH+](O)c1cccc(-c2cc(Cc3ccc(F)cc3)ccc2O)c1. The van der Waals surface area contributed by atoms with Crippen molar-refractivity contribution in [3.8, 4) is 16.9 Å². The van der Waals surface area contributed by atoms with Crippen LogP contribution in [0.3, 0.4) is 0 Å². The van der Waals surface area contributed by atoms with Crippen LogP contribution in [0.1, 0.15) is 11.1 Å². The Labute approximate surface area is 138 Å². The maximum Gasteiger partial charge on any atom is 0.164 e. The van der Waals surface area contributed by atoms with Crippen LogP contribution in [0.5, 0.6) is 5.75 Å². The number of phenols is 1. The summed E-state index contributed by atoms with van der Waals surface area (Å²) in [5.41, 5.74) is 3.25. The van der Waals surface area contributed by atoms with E-state index in [2.05, 4.69) is 0 Å². The number of phenolic OH excluding ortho intramolecular Hbond substituents is 1. The minimum Gasteiger partial charge on any atom is -0.595 e. The molecular weight excluding hydrogens is 309 g/mol. The highest BCUT2D eigenvalue weighted by Crippen LogP contribution is 2.31. The van der Waals surface area contributed by atoms with Crippen molar-refractivity contribution in [3.05, 3.63) is 88.9 Å². The second-order valence-electron chi connectivity index (χ2n) is 5.54. The van der Waals surface area contributed by atoms with E-state index >= 15 is 0 Å². The van der Waals surface area contributed by atoms with Crippen LogP contribution in [0.4, 0.5) is 10.1 Å². The summed E-state index contributed by atoms with van der Waals surface area (Å²) in [6, 6.07) is 17.9. The molecule has 0 saturated carbocycles. The zero-order chi connectivity index (χ0) is 17.1. The van der Waals surface area contributed by atoms with Gasteiger partial charge in [-0.05, 0) is 47.4 Å². The lowest BCUT2D eigenvalue weighted by atomic mass is 9.98. The van der Waals surface area contributed by atoms with E-state index in [4.69, 9.17) is 5.21 Å². The summed E-state index contributed by atoms with van der Waals surface area (Å²) in [5.74, 6) is -0.198. The smallest absolute Gasteiger partial charge is 0.164 e. The van der Waals surface area contributed by atoms with Crippen molar-refractivity contribution in [2.45, 2.75) is 6.42 Å². The quantitative estimate of drug-likeness (QED) is 0.645. The van der Waals surface area contributed by atoms with Gasteiger partial charge in [0.05, 0.1) is 0 Å². The van der Waals surface area contributed by atoms with Gasteiger partial charge >= 0.3 is 0 Å². The van der Waals surface area contributed by atoms with Crippen LogP contribution in [0.25, 0.3) is 11.1 Å². The van der Waals surface area contributed by atoms with Crippen LogP contribution < -0.4 is 5.23 Å². The highest BCUT2D eigenvalue weighted by Gasteiger charge is 2.09. The average Bonchev–Trinajstić information content (AvgIpc) is 2.58. The van der Waals surface area contributed by atoms with E-state index in [9.17, 15) is 14.7 Å². The first-order valence-corrected chi connectivity index (χ1v) is 7.43. The number of aromatic hydroxyl groups is 1. The van der Waals surface area contributed by atoms with Gasteiger partial charge in [0.1, 0.15) is 11.6 Å². The third-order valence-corrected chi connectivity index (χ3v) is 3.80. The summed E-state index contributed by atoms with van der Waals surface area (Å²) in [6.45, 7) is 0. The molecule has 0 aliphatic rings. The van der Waals surface area contributed by atoms with E-state index in [0.29, 0.717) is 17.5 Å². The zero-order valence-corrected chi connectivity index (χ0v) is 12.7. The molecule has 0 aromatic heterocycles. The number of hydrogen-bond acceptors (Lipinski definition) is 3. The van der Waals surface area contributed by atoms with Gasteiger partial charge in [-0.3, -0.25) is 0 Å². The van der Waals surface area contributed by atoms with E-state index in [1.807, 2.05) is 6.07 Å². The van der Waals surface area contributed by atoms with E-state index in [1.54, 1.807) is 36.4 Å². The van der Waals surface area contributed by atoms with E-state index in [1.165, 1.54) is 24.3 Å². The third-order valence-electron chi connectivity index (χ3n) is 3.80. The van der Waals surface area contributed by atoms with Crippen molar-refractivity contribution < 1.29 is 19.9 Å². The number of hydrogen-bond donors (Lipinski definition) is 3. The molecule has 1 unspecified atom stereocenters. The van der Waals surface area contributed by atoms with Crippen LogP contribution in [0, 0.1) is 11.0 Å². The van der Waals surface area contributed by atoms with Crippen LogP contribution in [-0.4, -0.2) is 10.3 Å². The van der Waals surface area contributed by atoms with E-state index in [-0.39, 0.29) is 17.3 Å². The number of benzene rings is 3. The molecule has 24 heavy (non-hydrogen) atoms. The average molecular weight is 325 g/mol. The second kappa shape index (κ2) is 6.80. The molecule has 0 aliphatic carbocycles. The largest absolute Gasteiger partial charge is 0.595 e. The fraction of sp³-hybridized carbons (Fsp3) is 0.0526. The van der Waals surface area contributed by atoms with Crippen molar-refractivity contribution in [2.75, 3.05) is 0 Å². The molecule has 4 nitrogen and oxygen atoms in total. The Morgan fingerprint density at radius 3 is 2.33 bits per heavy atom. The van der Waals surface area contributed by atoms with Crippen molar-refractivity contribution >= 4 is 5.69 Å². The zero-order valence-electron chi connectivity index (χ0n) is 12.7. The van der Waals surface area contributed by atoms with Crippen LogP contribution in [0.15, 0.2) is 66.7 Å². The molecule has 0 heterocycles. The van der Waals surface area contributed by atoms with Gasteiger partial charge in [-0.25, -0.2) is 9.60 Å². The van der Waals surface area contributed by atoms with Crippen molar-refractivity contribution in [3.63, 3.8) is 0 Å². The summed E-state index contributed by atoms with van der Waals surface area (Å²) < 4.78 is 13.0. The normalized spacial score (nSPS) is 12.1. The highest BCUT2D eigenvalue weighted by molar-refractivity contribution is 5.72. The Balaban J connectivity index is 1.94. The minimum atomic E-state index is -1.01. The Kier molecular flexibility index (Phi) is 4.57. The van der Waals surface area contributed by atoms with Gasteiger partial charge in [-0.1, -0.05) is 30.3 Å². The molecule has 3 rings (SSSR count). The minimum absolute atomic E-state index is 0.0837. The molecule has 0 spiro atoms. The lowest BCUT2D eigenvalue weighted by Crippen LogP contribution is -2.99. The highest BCUT2D eigenvalue weighted by atomic mass is 19.1. The Hall–Kier alpha value is -2.73. The molecule has 0 aliphatic heterocycles. The molecule has 3 aromatic rings. The molecule has 0 amide bonds. The Morgan fingerprint density at radius 1 is 0.917 bits per heavy atom. The van der Waals surface area contributed by atoms with Gasteiger partial charge in [0, 0.05) is 17.7 Å². The van der Waals surface area contributed by atoms with Gasteiger partial charge in [0.2, 0.25) is 0 Å².